The number of carbonyl (C=O) groups excluding carboxylic acids is 4. The molecule has 8 heteroatoms. The number of benzene rings is 1. The third kappa shape index (κ3) is 16.3. The lowest BCUT2D eigenvalue weighted by atomic mass is 10.1. The minimum absolute atomic E-state index is 0.238. The van der Waals surface area contributed by atoms with Crippen LogP contribution in [0.2, 0.25) is 0 Å². The molecule has 0 aliphatic carbocycles. The molecule has 176 valence electrons. The number of ether oxygens (including phenoxy) is 2. The summed E-state index contributed by atoms with van der Waals surface area (Å²) < 4.78 is 8.96. The lowest BCUT2D eigenvalue weighted by Gasteiger charge is -2.14. The van der Waals surface area contributed by atoms with Gasteiger partial charge in [0.15, 0.2) is 0 Å². The van der Waals surface area contributed by atoms with Crippen molar-refractivity contribution in [1.29, 1.82) is 0 Å². The van der Waals surface area contributed by atoms with Crippen LogP contribution in [0.3, 0.4) is 0 Å². The molecule has 1 aromatic carbocycles. The predicted octanol–water partition coefficient (Wildman–Crippen LogP) is 3.27. The second kappa shape index (κ2) is 21.5. The quantitative estimate of drug-likeness (QED) is 0.499. The second-order valence-electron chi connectivity index (χ2n) is 5.38. The molecule has 0 aliphatic rings. The van der Waals surface area contributed by atoms with Crippen molar-refractivity contribution in [3.8, 4) is 0 Å². The molecule has 2 atom stereocenters. The molecule has 1 aromatic rings. The summed E-state index contributed by atoms with van der Waals surface area (Å²) in [7, 11) is 2.56. The molecule has 2 N–H and O–H groups in total. The van der Waals surface area contributed by atoms with Crippen LogP contribution in [0.15, 0.2) is 43.0 Å². The van der Waals surface area contributed by atoms with Crippen LogP contribution >= 0.6 is 0 Å². The van der Waals surface area contributed by atoms with Gasteiger partial charge in [0.25, 0.3) is 5.91 Å². The Morgan fingerprint density at radius 1 is 0.935 bits per heavy atom. The van der Waals surface area contributed by atoms with Crippen LogP contribution in [0.4, 0.5) is 0 Å². The molecule has 0 spiro atoms. The van der Waals surface area contributed by atoms with Crippen LogP contribution in [0.1, 0.15) is 58.3 Å². The first-order chi connectivity index (χ1) is 14.8. The van der Waals surface area contributed by atoms with Gasteiger partial charge in [0.1, 0.15) is 12.1 Å². The molecule has 0 saturated heterocycles. The first-order valence-electron chi connectivity index (χ1n) is 10.2. The van der Waals surface area contributed by atoms with E-state index in [0.717, 1.165) is 0 Å². The van der Waals surface area contributed by atoms with Crippen LogP contribution in [0.25, 0.3) is 0 Å². The minimum atomic E-state index is -0.690. The van der Waals surface area contributed by atoms with Crippen LogP contribution in [0, 0.1) is 0 Å². The summed E-state index contributed by atoms with van der Waals surface area (Å²) in [5, 5.41) is 4.98. The number of esters is 2. The fraction of sp³-hybridized carbons (Fsp3) is 0.478. The first-order valence-corrected chi connectivity index (χ1v) is 10.2. The molecule has 0 fully saturated rings. The van der Waals surface area contributed by atoms with Crippen molar-refractivity contribution in [3.63, 3.8) is 0 Å². The lowest BCUT2D eigenvalue weighted by Crippen LogP contribution is -2.41. The smallest absolute Gasteiger partial charge is 0.328 e. The van der Waals surface area contributed by atoms with E-state index in [2.05, 4.69) is 26.7 Å². The number of hydrogen-bond acceptors (Lipinski definition) is 6. The maximum atomic E-state index is 11.8. The van der Waals surface area contributed by atoms with Crippen LogP contribution < -0.4 is 10.6 Å². The van der Waals surface area contributed by atoms with E-state index < -0.39 is 24.0 Å². The van der Waals surface area contributed by atoms with Gasteiger partial charge in [-0.1, -0.05) is 52.0 Å². The van der Waals surface area contributed by atoms with E-state index in [4.69, 9.17) is 0 Å². The van der Waals surface area contributed by atoms with E-state index in [1.165, 1.54) is 21.1 Å². The van der Waals surface area contributed by atoms with Crippen molar-refractivity contribution in [2.75, 3.05) is 14.2 Å². The van der Waals surface area contributed by atoms with E-state index in [1.54, 1.807) is 37.3 Å². The average Bonchev–Trinajstić information content (AvgIpc) is 2.80. The number of amides is 2. The Balaban J connectivity index is -0.000000479. The fourth-order valence-electron chi connectivity index (χ4n) is 1.89. The van der Waals surface area contributed by atoms with Gasteiger partial charge in [0.05, 0.1) is 14.2 Å². The van der Waals surface area contributed by atoms with Gasteiger partial charge in [0, 0.05) is 12.5 Å². The third-order valence-electron chi connectivity index (χ3n) is 3.20. The highest BCUT2D eigenvalue weighted by atomic mass is 16.5. The summed E-state index contributed by atoms with van der Waals surface area (Å²) in [6.45, 7) is 14.4. The zero-order valence-corrected chi connectivity index (χ0v) is 20.0. The van der Waals surface area contributed by atoms with Crippen LogP contribution in [0.5, 0.6) is 0 Å². The van der Waals surface area contributed by atoms with E-state index in [1.807, 2.05) is 33.8 Å². The molecular weight excluding hydrogens is 400 g/mol. The Morgan fingerprint density at radius 2 is 1.42 bits per heavy atom. The summed E-state index contributed by atoms with van der Waals surface area (Å²) >= 11 is 0. The molecule has 0 bridgehead atoms. The Bertz CT molecular complexity index is 647. The van der Waals surface area contributed by atoms with Crippen molar-refractivity contribution >= 4 is 23.8 Å². The summed E-state index contributed by atoms with van der Waals surface area (Å²) in [4.78, 5) is 44.1. The largest absolute Gasteiger partial charge is 0.467 e. The fourth-order valence-corrected chi connectivity index (χ4v) is 1.89. The molecule has 31 heavy (non-hydrogen) atoms. The van der Waals surface area contributed by atoms with Gasteiger partial charge in [-0.15, -0.1) is 6.58 Å². The summed E-state index contributed by atoms with van der Waals surface area (Å²) in [6, 6.07) is 7.45. The minimum Gasteiger partial charge on any atom is -0.467 e. The zero-order chi connectivity index (χ0) is 24.8. The summed E-state index contributed by atoms with van der Waals surface area (Å²) in [6.07, 6.45) is 1.90. The molecule has 2 amide bonds. The highest BCUT2D eigenvalue weighted by molar-refractivity contribution is 5.96. The number of rotatable bonds is 7. The molecule has 0 aromatic heterocycles. The van der Waals surface area contributed by atoms with E-state index in [0.29, 0.717) is 12.0 Å². The highest BCUT2D eigenvalue weighted by Crippen LogP contribution is 2.02. The van der Waals surface area contributed by atoms with E-state index in [-0.39, 0.29) is 11.8 Å². The third-order valence-corrected chi connectivity index (χ3v) is 3.20. The monoisotopic (exact) mass is 438 g/mol. The molecule has 1 rings (SSSR count). The SMILES string of the molecule is C=CCC(NC(=O)c1ccccc1)C(=O)OC.CC.CC.COC(=O)C(C)NC(C)=O. The summed E-state index contributed by atoms with van der Waals surface area (Å²) in [5.41, 5.74) is 0.505. The maximum absolute atomic E-state index is 11.8. The van der Waals surface area contributed by atoms with Gasteiger partial charge < -0.3 is 20.1 Å². The Hall–Kier alpha value is -3.16. The standard InChI is InChI=1S/C13H15NO3.C6H11NO3.2C2H6/c1-3-7-11(13(16)17-2)14-12(15)10-8-5-4-6-9-10;1-4(6(9)10-3)7-5(2)8;2*1-2/h3-6,8-9,11H,1,7H2,2H3,(H,14,15);4H,1-3H3,(H,7,8);2*1-2H3. The number of carbonyl (C=O) groups is 4. The van der Waals surface area contributed by atoms with Gasteiger partial charge in [-0.2, -0.15) is 0 Å². The topological polar surface area (TPSA) is 111 Å². The maximum Gasteiger partial charge on any atom is 0.328 e. The van der Waals surface area contributed by atoms with Gasteiger partial charge in [-0.3, -0.25) is 9.59 Å². The molecular formula is C23H38N2O6. The summed E-state index contributed by atoms with van der Waals surface area (Å²) in [5.74, 6) is -1.45. The van der Waals surface area contributed by atoms with Crippen molar-refractivity contribution in [1.82, 2.24) is 10.6 Å². The van der Waals surface area contributed by atoms with Gasteiger partial charge in [-0.05, 0) is 25.5 Å². The number of hydrogen-bond donors (Lipinski definition) is 2. The highest BCUT2D eigenvalue weighted by Gasteiger charge is 2.20. The first kappa shape index (κ1) is 32.5. The molecule has 2 unspecified atom stereocenters. The van der Waals surface area contributed by atoms with Crippen molar-refractivity contribution < 1.29 is 28.7 Å². The van der Waals surface area contributed by atoms with Crippen molar-refractivity contribution in [2.45, 2.75) is 60.0 Å². The lowest BCUT2D eigenvalue weighted by molar-refractivity contribution is -0.144. The normalized spacial score (nSPS) is 10.5. The zero-order valence-electron chi connectivity index (χ0n) is 20.0. The molecule has 0 heterocycles. The number of nitrogens with one attached hydrogen (secondary N) is 2. The van der Waals surface area contributed by atoms with Gasteiger partial charge >= 0.3 is 11.9 Å². The Labute approximate surface area is 186 Å². The second-order valence-corrected chi connectivity index (χ2v) is 5.38. The molecule has 0 aliphatic heterocycles. The molecule has 0 radical (unpaired) electrons. The van der Waals surface area contributed by atoms with Crippen LogP contribution in [-0.4, -0.2) is 50.1 Å². The predicted molar refractivity (Wildman–Crippen MR) is 123 cm³/mol. The Morgan fingerprint density at radius 3 is 1.81 bits per heavy atom. The van der Waals surface area contributed by atoms with E-state index >= 15 is 0 Å². The molecule has 8 nitrogen and oxygen atoms in total. The van der Waals surface area contributed by atoms with Crippen molar-refractivity contribution in [3.05, 3.63) is 48.6 Å². The van der Waals surface area contributed by atoms with Gasteiger partial charge in [0.2, 0.25) is 5.91 Å². The Kier molecular flexibility index (Phi) is 22.6. The van der Waals surface area contributed by atoms with Gasteiger partial charge in [-0.25, -0.2) is 9.59 Å². The van der Waals surface area contributed by atoms with E-state index in [9.17, 15) is 19.2 Å². The van der Waals surface area contributed by atoms with Crippen LogP contribution in [-0.2, 0) is 23.9 Å². The van der Waals surface area contributed by atoms with Crippen molar-refractivity contribution in [2.24, 2.45) is 0 Å². The average molecular weight is 439 g/mol. The number of methoxy groups -OCH3 is 2. The molecule has 0 saturated carbocycles.